The third-order valence-electron chi connectivity index (χ3n) is 4.73. The minimum absolute atomic E-state index is 0.0984. The average molecular weight is 379 g/mol. The summed E-state index contributed by atoms with van der Waals surface area (Å²) in [6, 6.07) is 15.8. The molecule has 6 nitrogen and oxygen atoms in total. The number of hydrogen-bond donors (Lipinski definition) is 4. The number of carbonyl (C=O) groups is 1. The molecular formula is C22H25N3O3. The molecule has 1 heterocycles. The number of H-pyrrole nitrogens is 1. The van der Waals surface area contributed by atoms with E-state index in [1.807, 2.05) is 42.6 Å². The molecule has 1 aromatic heterocycles. The van der Waals surface area contributed by atoms with Gasteiger partial charge in [0.25, 0.3) is 5.91 Å². The summed E-state index contributed by atoms with van der Waals surface area (Å²) in [6.07, 6.45) is 4.28. The maximum absolute atomic E-state index is 10.9. The molecule has 1 amide bonds. The predicted octanol–water partition coefficient (Wildman–Crippen LogP) is 2.59. The van der Waals surface area contributed by atoms with Crippen LogP contribution in [-0.2, 0) is 17.8 Å². The highest BCUT2D eigenvalue weighted by Crippen LogP contribution is 2.19. The Hall–Kier alpha value is -3.09. The number of nitrogens with zero attached hydrogens (tertiary/aromatic N) is 1. The molecule has 0 aliphatic carbocycles. The molecule has 28 heavy (non-hydrogen) atoms. The fraction of sp³-hybridized carbons (Fsp3) is 0.227. The second-order valence-corrected chi connectivity index (χ2v) is 6.74. The van der Waals surface area contributed by atoms with Crippen LogP contribution in [0.15, 0.2) is 60.5 Å². The Labute approximate surface area is 163 Å². The van der Waals surface area contributed by atoms with Crippen molar-refractivity contribution in [2.45, 2.75) is 13.0 Å². The van der Waals surface area contributed by atoms with Gasteiger partial charge in [0, 0.05) is 36.7 Å². The molecule has 3 rings (SSSR count). The van der Waals surface area contributed by atoms with Crippen LogP contribution in [0.1, 0.15) is 16.7 Å². The number of aromatic amines is 1. The van der Waals surface area contributed by atoms with Crippen LogP contribution in [0.4, 0.5) is 0 Å². The topological polar surface area (TPSA) is 103 Å². The number of hydrogen-bond acceptors (Lipinski definition) is 4. The monoisotopic (exact) mass is 379 g/mol. The third kappa shape index (κ3) is 5.00. The molecule has 2 aromatic carbocycles. The maximum Gasteiger partial charge on any atom is 0.283 e. The zero-order valence-corrected chi connectivity index (χ0v) is 15.6. The van der Waals surface area contributed by atoms with Gasteiger partial charge in [-0.3, -0.25) is 9.69 Å². The average Bonchev–Trinajstić information content (AvgIpc) is 3.11. The fourth-order valence-corrected chi connectivity index (χ4v) is 3.23. The van der Waals surface area contributed by atoms with E-state index >= 15 is 0 Å². The van der Waals surface area contributed by atoms with Gasteiger partial charge in [0.2, 0.25) is 0 Å². The van der Waals surface area contributed by atoms with Crippen LogP contribution >= 0.6 is 0 Å². The Balaban J connectivity index is 1.64. The summed E-state index contributed by atoms with van der Waals surface area (Å²) in [6.45, 7) is 2.22. The number of primary amides is 1. The number of benzene rings is 2. The molecule has 3 aromatic rings. The molecule has 0 bridgehead atoms. The second-order valence-electron chi connectivity index (χ2n) is 6.74. The maximum atomic E-state index is 10.9. The molecular weight excluding hydrogens is 354 g/mol. The first kappa shape index (κ1) is 19.7. The van der Waals surface area contributed by atoms with E-state index in [9.17, 15) is 15.0 Å². The van der Waals surface area contributed by atoms with Crippen molar-refractivity contribution in [3.8, 4) is 0 Å². The SMILES string of the molecule is NC(=O)/C(O)=C/c1ccc(CN(CCO)CCc2c[nH]c3ccccc23)cc1. The molecule has 0 fully saturated rings. The van der Waals surface area contributed by atoms with Crippen molar-refractivity contribution in [1.29, 1.82) is 0 Å². The molecule has 0 aliphatic heterocycles. The number of aliphatic hydroxyl groups is 2. The van der Waals surface area contributed by atoms with Gasteiger partial charge in [-0.1, -0.05) is 42.5 Å². The first-order valence-electron chi connectivity index (χ1n) is 9.24. The summed E-state index contributed by atoms with van der Waals surface area (Å²) in [5.74, 6) is -1.32. The van der Waals surface area contributed by atoms with E-state index in [0.717, 1.165) is 24.0 Å². The predicted molar refractivity (Wildman–Crippen MR) is 111 cm³/mol. The summed E-state index contributed by atoms with van der Waals surface area (Å²) < 4.78 is 0. The normalized spacial score (nSPS) is 12.0. The van der Waals surface area contributed by atoms with Crippen molar-refractivity contribution in [2.75, 3.05) is 19.7 Å². The van der Waals surface area contributed by atoms with Gasteiger partial charge in [0.15, 0.2) is 5.76 Å². The number of aromatic nitrogens is 1. The largest absolute Gasteiger partial charge is 0.503 e. The lowest BCUT2D eigenvalue weighted by atomic mass is 10.1. The van der Waals surface area contributed by atoms with E-state index in [4.69, 9.17) is 5.73 Å². The summed E-state index contributed by atoms with van der Waals surface area (Å²) in [5.41, 5.74) is 9.22. The van der Waals surface area contributed by atoms with Gasteiger partial charge in [-0.2, -0.15) is 0 Å². The zero-order valence-electron chi connectivity index (χ0n) is 15.6. The number of para-hydroxylation sites is 1. The van der Waals surface area contributed by atoms with Crippen LogP contribution in [0.5, 0.6) is 0 Å². The van der Waals surface area contributed by atoms with Gasteiger partial charge in [-0.25, -0.2) is 0 Å². The number of nitrogens with two attached hydrogens (primary N) is 1. The first-order chi connectivity index (χ1) is 13.6. The molecule has 5 N–H and O–H groups in total. The molecule has 0 unspecified atom stereocenters. The van der Waals surface area contributed by atoms with Crippen molar-refractivity contribution in [3.63, 3.8) is 0 Å². The van der Waals surface area contributed by atoms with E-state index in [1.165, 1.54) is 17.0 Å². The van der Waals surface area contributed by atoms with Gasteiger partial charge in [-0.15, -0.1) is 0 Å². The Kier molecular flexibility index (Phi) is 6.47. The number of amides is 1. The van der Waals surface area contributed by atoms with Crippen LogP contribution in [0.3, 0.4) is 0 Å². The molecule has 0 saturated carbocycles. The molecule has 0 atom stereocenters. The zero-order chi connectivity index (χ0) is 19.9. The molecule has 146 valence electrons. The Morgan fingerprint density at radius 1 is 1.11 bits per heavy atom. The summed E-state index contributed by atoms with van der Waals surface area (Å²) >= 11 is 0. The van der Waals surface area contributed by atoms with Crippen LogP contribution < -0.4 is 5.73 Å². The van der Waals surface area contributed by atoms with E-state index in [-0.39, 0.29) is 6.61 Å². The van der Waals surface area contributed by atoms with E-state index < -0.39 is 11.7 Å². The Morgan fingerprint density at radius 3 is 2.57 bits per heavy atom. The molecule has 6 heteroatoms. The van der Waals surface area contributed by atoms with Crippen molar-refractivity contribution in [1.82, 2.24) is 9.88 Å². The van der Waals surface area contributed by atoms with Gasteiger partial charge in [0.1, 0.15) is 0 Å². The molecule has 0 spiro atoms. The number of rotatable bonds is 9. The lowest BCUT2D eigenvalue weighted by molar-refractivity contribution is -0.116. The highest BCUT2D eigenvalue weighted by molar-refractivity contribution is 5.93. The molecule has 0 radical (unpaired) electrons. The van der Waals surface area contributed by atoms with Crippen LogP contribution in [-0.4, -0.2) is 45.7 Å². The fourth-order valence-electron chi connectivity index (χ4n) is 3.23. The van der Waals surface area contributed by atoms with Crippen LogP contribution in [0.25, 0.3) is 17.0 Å². The number of carbonyl (C=O) groups excluding carboxylic acids is 1. The summed E-state index contributed by atoms with van der Waals surface area (Å²) in [7, 11) is 0. The van der Waals surface area contributed by atoms with Crippen molar-refractivity contribution < 1.29 is 15.0 Å². The number of fused-ring (bicyclic) bond motifs is 1. The van der Waals surface area contributed by atoms with Crippen molar-refractivity contribution in [3.05, 3.63) is 77.2 Å². The smallest absolute Gasteiger partial charge is 0.283 e. The van der Waals surface area contributed by atoms with Gasteiger partial charge in [0.05, 0.1) is 6.61 Å². The van der Waals surface area contributed by atoms with E-state index in [1.54, 1.807) is 0 Å². The minimum Gasteiger partial charge on any atom is -0.503 e. The Morgan fingerprint density at radius 2 is 1.86 bits per heavy atom. The van der Waals surface area contributed by atoms with Gasteiger partial charge < -0.3 is 20.9 Å². The lowest BCUT2D eigenvalue weighted by Crippen LogP contribution is -2.28. The second kappa shape index (κ2) is 9.21. The Bertz CT molecular complexity index is 961. The highest BCUT2D eigenvalue weighted by atomic mass is 16.3. The lowest BCUT2D eigenvalue weighted by Gasteiger charge is -2.21. The van der Waals surface area contributed by atoms with E-state index in [2.05, 4.69) is 22.0 Å². The molecule has 0 saturated heterocycles. The van der Waals surface area contributed by atoms with Crippen LogP contribution in [0, 0.1) is 0 Å². The van der Waals surface area contributed by atoms with Crippen molar-refractivity contribution in [2.24, 2.45) is 5.73 Å². The standard InChI is InChI=1S/C22H25N3O3/c23-22(28)21(27)13-16-5-7-17(8-6-16)15-25(11-12-26)10-9-18-14-24-20-4-2-1-3-19(18)20/h1-8,13-14,24,26-27H,9-12,15H2,(H2,23,28)/b21-13-. The van der Waals surface area contributed by atoms with E-state index in [0.29, 0.717) is 18.7 Å². The van der Waals surface area contributed by atoms with Crippen LogP contribution in [0.2, 0.25) is 0 Å². The minimum atomic E-state index is -0.851. The first-order valence-corrected chi connectivity index (χ1v) is 9.24. The molecule has 0 aliphatic rings. The van der Waals surface area contributed by atoms with Gasteiger partial charge in [-0.05, 0) is 35.3 Å². The quantitative estimate of drug-likeness (QED) is 0.339. The number of aliphatic hydroxyl groups excluding tert-OH is 2. The summed E-state index contributed by atoms with van der Waals surface area (Å²) in [4.78, 5) is 16.4. The third-order valence-corrected chi connectivity index (χ3v) is 4.73. The number of nitrogens with one attached hydrogen (secondary N) is 1. The highest BCUT2D eigenvalue weighted by Gasteiger charge is 2.09. The van der Waals surface area contributed by atoms with Crippen molar-refractivity contribution >= 4 is 22.9 Å². The van der Waals surface area contributed by atoms with Gasteiger partial charge >= 0.3 is 0 Å². The summed E-state index contributed by atoms with van der Waals surface area (Å²) in [5, 5.41) is 20.1.